The molecule has 1 saturated carbocycles. The number of piperidine rings is 1. The van der Waals surface area contributed by atoms with Crippen molar-refractivity contribution in [1.29, 1.82) is 0 Å². The van der Waals surface area contributed by atoms with E-state index in [2.05, 4.69) is 31.9 Å². The van der Waals surface area contributed by atoms with Crippen LogP contribution in [-0.2, 0) is 13.6 Å². The van der Waals surface area contributed by atoms with E-state index in [-0.39, 0.29) is 5.56 Å². The molecule has 130 valence electrons. The number of aromatic nitrogens is 3. The number of anilines is 1. The molecule has 0 radical (unpaired) electrons. The molecule has 2 aromatic rings. The minimum Gasteiger partial charge on any atom is -0.353 e. The molecule has 3 aliphatic heterocycles. The molecule has 5 heterocycles. The van der Waals surface area contributed by atoms with E-state index in [1.54, 1.807) is 24.0 Å². The minimum absolute atomic E-state index is 0.0680. The summed E-state index contributed by atoms with van der Waals surface area (Å²) in [4.78, 5) is 25.7. The van der Waals surface area contributed by atoms with E-state index >= 15 is 0 Å². The number of rotatable bonds is 4. The highest BCUT2D eigenvalue weighted by Crippen LogP contribution is 2.40. The predicted molar refractivity (Wildman–Crippen MR) is 95.6 cm³/mol. The normalized spacial score (nSPS) is 25.7. The van der Waals surface area contributed by atoms with Crippen LogP contribution >= 0.6 is 0 Å². The molecule has 0 N–H and O–H groups in total. The van der Waals surface area contributed by atoms with Gasteiger partial charge in [-0.3, -0.25) is 9.69 Å². The van der Waals surface area contributed by atoms with Crippen LogP contribution in [0.3, 0.4) is 0 Å². The van der Waals surface area contributed by atoms with Crippen LogP contribution < -0.4 is 10.5 Å². The molecule has 2 aromatic heterocycles. The van der Waals surface area contributed by atoms with Crippen molar-refractivity contribution in [3.05, 3.63) is 52.3 Å². The van der Waals surface area contributed by atoms with E-state index in [0.29, 0.717) is 18.0 Å². The van der Waals surface area contributed by atoms with Crippen LogP contribution in [0.5, 0.6) is 0 Å². The smallest absolute Gasteiger partial charge is 0.250 e. The van der Waals surface area contributed by atoms with Crippen molar-refractivity contribution >= 4 is 5.82 Å². The molecule has 3 saturated heterocycles. The lowest BCUT2D eigenvalue weighted by Crippen LogP contribution is -2.68. The second kappa shape index (κ2) is 5.66. The molecular weight excluding hydrogens is 314 g/mol. The Morgan fingerprint density at radius 3 is 2.68 bits per heavy atom. The molecular formula is C19H23N5O. The molecule has 0 spiro atoms. The summed E-state index contributed by atoms with van der Waals surface area (Å²) in [7, 11) is 1.79. The van der Waals surface area contributed by atoms with E-state index < -0.39 is 0 Å². The van der Waals surface area contributed by atoms with Crippen molar-refractivity contribution in [2.45, 2.75) is 43.8 Å². The summed E-state index contributed by atoms with van der Waals surface area (Å²) in [6, 6.07) is 7.12. The number of nitrogens with zero attached hydrogens (tertiary/aromatic N) is 5. The number of hydrogen-bond acceptors (Lipinski definition) is 5. The SMILES string of the molecule is Cn1ccc(CN2C3CC2CN(c2cc(C4CC4)ncn2)C3)cc1=O. The maximum atomic E-state index is 11.8. The molecule has 6 rings (SSSR count). The molecule has 6 nitrogen and oxygen atoms in total. The number of pyridine rings is 1. The van der Waals surface area contributed by atoms with E-state index in [9.17, 15) is 4.79 Å². The molecule has 2 atom stereocenters. The molecule has 6 heteroatoms. The third-order valence-corrected chi connectivity index (χ3v) is 5.87. The molecule has 0 amide bonds. The van der Waals surface area contributed by atoms with E-state index in [1.807, 2.05) is 6.20 Å². The van der Waals surface area contributed by atoms with Gasteiger partial charge in [-0.05, 0) is 30.9 Å². The first-order chi connectivity index (χ1) is 12.2. The highest BCUT2D eigenvalue weighted by Gasteiger charge is 2.44. The van der Waals surface area contributed by atoms with Crippen LogP contribution in [0, 0.1) is 0 Å². The molecule has 25 heavy (non-hydrogen) atoms. The van der Waals surface area contributed by atoms with Crippen molar-refractivity contribution in [2.75, 3.05) is 18.0 Å². The first-order valence-corrected chi connectivity index (χ1v) is 9.15. The fraction of sp³-hybridized carbons (Fsp3) is 0.526. The lowest BCUT2D eigenvalue weighted by Gasteiger charge is -2.56. The molecule has 0 aromatic carbocycles. The first-order valence-electron chi connectivity index (χ1n) is 9.15. The standard InChI is InChI=1S/C19H23N5O/c1-22-5-4-13(6-19(22)25)9-24-15-7-16(24)11-23(10-15)18-8-17(14-2-3-14)20-12-21-18/h4-6,8,12,14-16H,2-3,7,9-11H2,1H3. The van der Waals surface area contributed by atoms with Gasteiger partial charge in [0.15, 0.2) is 0 Å². The van der Waals surface area contributed by atoms with Gasteiger partial charge in [-0.2, -0.15) is 0 Å². The summed E-state index contributed by atoms with van der Waals surface area (Å²) < 4.78 is 1.62. The molecule has 2 unspecified atom stereocenters. The summed E-state index contributed by atoms with van der Waals surface area (Å²) in [5.74, 6) is 1.75. The fourth-order valence-corrected chi connectivity index (χ4v) is 4.17. The molecule has 4 fully saturated rings. The van der Waals surface area contributed by atoms with Gasteiger partial charge in [0.2, 0.25) is 0 Å². The topological polar surface area (TPSA) is 54.3 Å². The predicted octanol–water partition coefficient (Wildman–Crippen LogP) is 1.52. The lowest BCUT2D eigenvalue weighted by molar-refractivity contribution is -0.00874. The third-order valence-electron chi connectivity index (χ3n) is 5.87. The van der Waals surface area contributed by atoms with E-state index in [0.717, 1.165) is 31.0 Å². The zero-order chi connectivity index (χ0) is 17.0. The second-order valence-electron chi connectivity index (χ2n) is 7.68. The quantitative estimate of drug-likeness (QED) is 0.847. The van der Waals surface area contributed by atoms with Gasteiger partial charge in [0.1, 0.15) is 12.1 Å². The van der Waals surface area contributed by atoms with Gasteiger partial charge in [-0.25, -0.2) is 9.97 Å². The van der Waals surface area contributed by atoms with Crippen LogP contribution in [0.2, 0.25) is 0 Å². The fourth-order valence-electron chi connectivity index (χ4n) is 4.17. The molecule has 1 aliphatic carbocycles. The Labute approximate surface area is 147 Å². The van der Waals surface area contributed by atoms with Gasteiger partial charge in [-0.15, -0.1) is 0 Å². The van der Waals surface area contributed by atoms with Crippen molar-refractivity contribution in [1.82, 2.24) is 19.4 Å². The number of aryl methyl sites for hydroxylation is 1. The van der Waals surface area contributed by atoms with Gasteiger partial charge in [0.05, 0.1) is 0 Å². The van der Waals surface area contributed by atoms with Gasteiger partial charge < -0.3 is 9.47 Å². The summed E-state index contributed by atoms with van der Waals surface area (Å²) in [5.41, 5.74) is 2.39. The highest BCUT2D eigenvalue weighted by atomic mass is 16.1. The van der Waals surface area contributed by atoms with Gasteiger partial charge in [0, 0.05) is 68.7 Å². The first kappa shape index (κ1) is 15.1. The number of fused-ring (bicyclic) bond motifs is 2. The van der Waals surface area contributed by atoms with E-state index in [1.165, 1.54) is 25.0 Å². The van der Waals surface area contributed by atoms with Crippen LogP contribution in [0.25, 0.3) is 0 Å². The average Bonchev–Trinajstić information content (AvgIpc) is 3.48. The Balaban J connectivity index is 1.28. The monoisotopic (exact) mass is 337 g/mol. The molecule has 2 bridgehead atoms. The maximum absolute atomic E-state index is 11.8. The average molecular weight is 337 g/mol. The minimum atomic E-state index is 0.0680. The maximum Gasteiger partial charge on any atom is 0.250 e. The van der Waals surface area contributed by atoms with Crippen molar-refractivity contribution in [2.24, 2.45) is 7.05 Å². The Kier molecular flexibility index (Phi) is 3.41. The Bertz CT molecular complexity index is 847. The van der Waals surface area contributed by atoms with Crippen molar-refractivity contribution in [3.63, 3.8) is 0 Å². The lowest BCUT2D eigenvalue weighted by atomic mass is 9.87. The summed E-state index contributed by atoms with van der Waals surface area (Å²) in [6.45, 7) is 2.90. The van der Waals surface area contributed by atoms with Crippen LogP contribution in [-0.4, -0.2) is 44.6 Å². The van der Waals surface area contributed by atoms with E-state index in [4.69, 9.17) is 0 Å². The number of hydrogen-bond donors (Lipinski definition) is 0. The van der Waals surface area contributed by atoms with Gasteiger partial charge >= 0.3 is 0 Å². The largest absolute Gasteiger partial charge is 0.353 e. The second-order valence-corrected chi connectivity index (χ2v) is 7.68. The zero-order valence-corrected chi connectivity index (χ0v) is 14.5. The van der Waals surface area contributed by atoms with Gasteiger partial charge in [0.25, 0.3) is 5.56 Å². The van der Waals surface area contributed by atoms with Crippen molar-refractivity contribution < 1.29 is 0 Å². The van der Waals surface area contributed by atoms with Crippen LogP contribution in [0.4, 0.5) is 5.82 Å². The summed E-state index contributed by atoms with van der Waals surface area (Å²) >= 11 is 0. The zero-order valence-electron chi connectivity index (χ0n) is 14.5. The van der Waals surface area contributed by atoms with Gasteiger partial charge in [-0.1, -0.05) is 0 Å². The van der Waals surface area contributed by atoms with Crippen LogP contribution in [0.1, 0.15) is 36.4 Å². The Morgan fingerprint density at radius 2 is 1.96 bits per heavy atom. The molecule has 4 aliphatic rings. The highest BCUT2D eigenvalue weighted by molar-refractivity contribution is 5.43. The van der Waals surface area contributed by atoms with Crippen LogP contribution in [0.15, 0.2) is 35.5 Å². The summed E-state index contributed by atoms with van der Waals surface area (Å²) in [5, 5.41) is 0. The third kappa shape index (κ3) is 2.74. The Morgan fingerprint density at radius 1 is 1.16 bits per heavy atom. The van der Waals surface area contributed by atoms with Crippen molar-refractivity contribution in [3.8, 4) is 0 Å². The Hall–Kier alpha value is -2.21. The number of piperazine rings is 1. The summed E-state index contributed by atoms with van der Waals surface area (Å²) in [6.07, 6.45) is 7.38.